The number of hydrogen-bond donors (Lipinski definition) is 1. The van der Waals surface area contributed by atoms with Crippen LogP contribution in [0.2, 0.25) is 0 Å². The molecule has 0 aromatic rings. The van der Waals surface area contributed by atoms with Gasteiger partial charge in [0.25, 0.3) is 0 Å². The molecule has 0 unspecified atom stereocenters. The van der Waals surface area contributed by atoms with Crippen molar-refractivity contribution in [3.05, 3.63) is 23.4 Å². The van der Waals surface area contributed by atoms with E-state index in [4.69, 9.17) is 0 Å². The van der Waals surface area contributed by atoms with E-state index >= 15 is 0 Å². The molecule has 0 atom stereocenters. The van der Waals surface area contributed by atoms with Crippen molar-refractivity contribution in [1.29, 1.82) is 0 Å². The lowest BCUT2D eigenvalue weighted by atomic mass is 10.2. The average Bonchev–Trinajstić information content (AvgIpc) is 2.03. The van der Waals surface area contributed by atoms with Crippen molar-refractivity contribution in [3.8, 4) is 0 Å². The summed E-state index contributed by atoms with van der Waals surface area (Å²) in [5, 5.41) is 3.16. The second-order valence-electron chi connectivity index (χ2n) is 2.79. The van der Waals surface area contributed by atoms with Gasteiger partial charge < -0.3 is 5.32 Å². The maximum absolute atomic E-state index is 4.01. The first-order valence-corrected chi connectivity index (χ1v) is 4.11. The number of nitrogens with zero attached hydrogens (tertiary/aromatic N) is 1. The summed E-state index contributed by atoms with van der Waals surface area (Å²) in [5.41, 5.74) is 2.37. The lowest BCUT2D eigenvalue weighted by molar-refractivity contribution is 1.09. The van der Waals surface area contributed by atoms with Crippen molar-refractivity contribution in [1.82, 2.24) is 5.32 Å². The van der Waals surface area contributed by atoms with Gasteiger partial charge >= 0.3 is 0 Å². The summed E-state index contributed by atoms with van der Waals surface area (Å²) >= 11 is 0. The molecule has 1 N–H and O–H groups in total. The molecule has 0 heterocycles. The van der Waals surface area contributed by atoms with Gasteiger partial charge in [0.1, 0.15) is 0 Å². The molecule has 0 aliphatic heterocycles. The smallest absolute Gasteiger partial charge is 0.0969 e. The Labute approximate surface area is 75.1 Å². The molecule has 68 valence electrons. The number of rotatable bonds is 2. The number of allylic oxidation sites excluding steroid dienone is 4. The Kier molecular flexibility index (Phi) is 5.09. The van der Waals surface area contributed by atoms with E-state index in [0.717, 1.165) is 11.5 Å². The summed E-state index contributed by atoms with van der Waals surface area (Å²) in [7, 11) is 1.78. The van der Waals surface area contributed by atoms with Crippen LogP contribution in [0.5, 0.6) is 0 Å². The van der Waals surface area contributed by atoms with Gasteiger partial charge in [-0.25, -0.2) is 0 Å². The van der Waals surface area contributed by atoms with Gasteiger partial charge in [-0.1, -0.05) is 11.6 Å². The van der Waals surface area contributed by atoms with Crippen molar-refractivity contribution in [2.75, 3.05) is 7.05 Å². The van der Waals surface area contributed by atoms with Crippen LogP contribution in [0.3, 0.4) is 0 Å². The number of amidine groups is 1. The van der Waals surface area contributed by atoms with Gasteiger partial charge in [-0.2, -0.15) is 0 Å². The molecule has 0 saturated carbocycles. The van der Waals surface area contributed by atoms with Gasteiger partial charge in [0.15, 0.2) is 0 Å². The minimum absolute atomic E-state index is 0.938. The molecule has 12 heavy (non-hydrogen) atoms. The molecule has 0 saturated heterocycles. The molecule has 0 aromatic heterocycles. The normalized spacial score (nSPS) is 14.9. The van der Waals surface area contributed by atoms with E-state index in [1.165, 1.54) is 5.57 Å². The molecule has 0 radical (unpaired) electrons. The first kappa shape index (κ1) is 11.0. The Balaban J connectivity index is 4.21. The fourth-order valence-corrected chi connectivity index (χ4v) is 0.802. The molecular weight excluding hydrogens is 148 g/mol. The molecule has 0 aliphatic rings. The number of aliphatic imine (C=N–C) groups is 1. The Hall–Kier alpha value is -1.05. The van der Waals surface area contributed by atoms with Crippen LogP contribution in [-0.2, 0) is 0 Å². The lowest BCUT2D eigenvalue weighted by Gasteiger charge is -2.04. The van der Waals surface area contributed by atoms with Gasteiger partial charge in [0.2, 0.25) is 0 Å². The van der Waals surface area contributed by atoms with Crippen molar-refractivity contribution < 1.29 is 0 Å². The van der Waals surface area contributed by atoms with E-state index in [-0.39, 0.29) is 0 Å². The zero-order chi connectivity index (χ0) is 9.56. The minimum Gasteiger partial charge on any atom is -0.348 e. The van der Waals surface area contributed by atoms with Gasteiger partial charge in [0.05, 0.1) is 5.84 Å². The van der Waals surface area contributed by atoms with E-state index in [0.29, 0.717) is 0 Å². The third-order valence-corrected chi connectivity index (χ3v) is 1.61. The summed E-state index contributed by atoms with van der Waals surface area (Å²) in [5.74, 6) is 0.938. The maximum Gasteiger partial charge on any atom is 0.0969 e. The van der Waals surface area contributed by atoms with Crippen LogP contribution >= 0.6 is 0 Å². The maximum atomic E-state index is 4.01. The summed E-state index contributed by atoms with van der Waals surface area (Å²) in [6, 6.07) is 0. The fourth-order valence-electron chi connectivity index (χ4n) is 0.802. The molecule has 0 rings (SSSR count). The first-order valence-electron chi connectivity index (χ1n) is 4.11. The third kappa shape index (κ3) is 4.72. The Morgan fingerprint density at radius 3 is 2.25 bits per heavy atom. The number of hydrogen-bond acceptors (Lipinski definition) is 1. The van der Waals surface area contributed by atoms with Crippen molar-refractivity contribution in [2.45, 2.75) is 27.7 Å². The minimum atomic E-state index is 0.938. The summed E-state index contributed by atoms with van der Waals surface area (Å²) < 4.78 is 0. The van der Waals surface area contributed by atoms with Crippen molar-refractivity contribution in [3.63, 3.8) is 0 Å². The monoisotopic (exact) mass is 166 g/mol. The van der Waals surface area contributed by atoms with E-state index < -0.39 is 0 Å². The zero-order valence-corrected chi connectivity index (χ0v) is 8.60. The highest BCUT2D eigenvalue weighted by Gasteiger charge is 1.89. The lowest BCUT2D eigenvalue weighted by Crippen LogP contribution is -2.17. The highest BCUT2D eigenvalue weighted by molar-refractivity contribution is 5.80. The topological polar surface area (TPSA) is 24.4 Å². The standard InChI is InChI=1S/C10H18N2/c1-6-8(2)7-9(3)12-10(4)11-5/h6-7H,1-5H3,(H,11,12)/b8-6+,9-7-. The van der Waals surface area contributed by atoms with Gasteiger partial charge in [-0.05, 0) is 33.8 Å². The van der Waals surface area contributed by atoms with Crippen LogP contribution in [-0.4, -0.2) is 12.9 Å². The second-order valence-corrected chi connectivity index (χ2v) is 2.79. The Morgan fingerprint density at radius 1 is 1.25 bits per heavy atom. The van der Waals surface area contributed by atoms with Gasteiger partial charge in [0, 0.05) is 12.7 Å². The molecule has 0 aliphatic carbocycles. The van der Waals surface area contributed by atoms with Crippen LogP contribution in [0, 0.1) is 0 Å². The van der Waals surface area contributed by atoms with Crippen molar-refractivity contribution >= 4 is 5.84 Å². The molecule has 0 bridgehead atoms. The molecule has 2 nitrogen and oxygen atoms in total. The largest absolute Gasteiger partial charge is 0.348 e. The Morgan fingerprint density at radius 2 is 1.83 bits per heavy atom. The molecule has 0 fully saturated rings. The average molecular weight is 166 g/mol. The second kappa shape index (κ2) is 5.58. The van der Waals surface area contributed by atoms with E-state index in [9.17, 15) is 0 Å². The fraction of sp³-hybridized carbons (Fsp3) is 0.500. The quantitative estimate of drug-likeness (QED) is 0.380. The molecule has 0 amide bonds. The van der Waals surface area contributed by atoms with Crippen LogP contribution in [0.15, 0.2) is 28.4 Å². The van der Waals surface area contributed by atoms with Crippen LogP contribution in [0.4, 0.5) is 0 Å². The van der Waals surface area contributed by atoms with Crippen LogP contribution in [0.25, 0.3) is 0 Å². The molecular formula is C10H18N2. The molecule has 2 heteroatoms. The molecule has 0 aromatic carbocycles. The van der Waals surface area contributed by atoms with Gasteiger partial charge in [-0.3, -0.25) is 4.99 Å². The van der Waals surface area contributed by atoms with E-state index in [1.807, 2.05) is 20.8 Å². The summed E-state index contributed by atoms with van der Waals surface area (Å²) in [6.07, 6.45) is 4.16. The Bertz CT molecular complexity index is 222. The SMILES string of the molecule is C/C=C(C)/C=C(/C)NC(C)=NC. The summed E-state index contributed by atoms with van der Waals surface area (Å²) in [4.78, 5) is 4.01. The number of nitrogens with one attached hydrogen (secondary N) is 1. The zero-order valence-electron chi connectivity index (χ0n) is 8.60. The highest BCUT2D eigenvalue weighted by atomic mass is 15.0. The first-order chi connectivity index (χ1) is 5.60. The predicted molar refractivity (Wildman–Crippen MR) is 55.4 cm³/mol. The highest BCUT2D eigenvalue weighted by Crippen LogP contribution is 1.98. The van der Waals surface area contributed by atoms with Gasteiger partial charge in [-0.15, -0.1) is 0 Å². The van der Waals surface area contributed by atoms with E-state index in [2.05, 4.69) is 29.4 Å². The van der Waals surface area contributed by atoms with Crippen LogP contribution in [0.1, 0.15) is 27.7 Å². The molecule has 0 spiro atoms. The predicted octanol–water partition coefficient (Wildman–Crippen LogP) is 2.49. The summed E-state index contributed by atoms with van der Waals surface area (Å²) in [6.45, 7) is 8.08. The van der Waals surface area contributed by atoms with E-state index in [1.54, 1.807) is 7.05 Å². The third-order valence-electron chi connectivity index (χ3n) is 1.61. The van der Waals surface area contributed by atoms with Crippen molar-refractivity contribution in [2.24, 2.45) is 4.99 Å². The van der Waals surface area contributed by atoms with Crippen LogP contribution < -0.4 is 5.32 Å².